The average Bonchev–Trinajstić information content (AvgIpc) is 2.74. The first-order valence-electron chi connectivity index (χ1n) is 10.6. The summed E-state index contributed by atoms with van der Waals surface area (Å²) in [6.45, 7) is 5.57. The van der Waals surface area contributed by atoms with Crippen LogP contribution >= 0.6 is 0 Å². The highest BCUT2D eigenvalue weighted by Gasteiger charge is 2.26. The Hall–Kier alpha value is -3.02. The number of carbonyl (C=O) groups is 2. The zero-order valence-electron chi connectivity index (χ0n) is 17.7. The largest absolute Gasteiger partial charge is 0.490 e. The summed E-state index contributed by atoms with van der Waals surface area (Å²) < 4.78 is 11.2. The third kappa shape index (κ3) is 5.75. The van der Waals surface area contributed by atoms with Gasteiger partial charge in [-0.1, -0.05) is 24.3 Å². The molecule has 2 N–H and O–H groups in total. The topological polar surface area (TPSA) is 76.7 Å². The minimum Gasteiger partial charge on any atom is -0.490 e. The number of hydrogen-bond donors (Lipinski definition) is 2. The Kier molecular flexibility index (Phi) is 7.71. The highest BCUT2D eigenvalue weighted by Crippen LogP contribution is 2.29. The zero-order chi connectivity index (χ0) is 21.3. The van der Waals surface area contributed by atoms with Crippen LogP contribution in [0.2, 0.25) is 0 Å². The zero-order valence-corrected chi connectivity index (χ0v) is 17.7. The number of anilines is 1. The summed E-state index contributed by atoms with van der Waals surface area (Å²) in [6, 6.07) is 13.7. The molecule has 0 aliphatic carbocycles. The number of para-hydroxylation sites is 1. The minimum atomic E-state index is -0.162. The molecule has 6 heteroatoms. The van der Waals surface area contributed by atoms with Gasteiger partial charge in [0.05, 0.1) is 13.2 Å². The lowest BCUT2D eigenvalue weighted by molar-refractivity contribution is -0.122. The first-order valence-corrected chi connectivity index (χ1v) is 10.6. The van der Waals surface area contributed by atoms with E-state index in [0.29, 0.717) is 45.4 Å². The van der Waals surface area contributed by atoms with Gasteiger partial charge in [0.25, 0.3) is 0 Å². The molecule has 0 spiro atoms. The van der Waals surface area contributed by atoms with Gasteiger partial charge in [0.15, 0.2) is 11.5 Å². The first-order chi connectivity index (χ1) is 14.6. The fraction of sp³-hybridized carbons (Fsp3) is 0.417. The molecular weight excluding hydrogens is 380 g/mol. The van der Waals surface area contributed by atoms with Crippen LogP contribution in [0, 0.1) is 5.92 Å². The predicted octanol–water partition coefficient (Wildman–Crippen LogP) is 3.73. The van der Waals surface area contributed by atoms with Gasteiger partial charge in [-0.05, 0) is 62.4 Å². The van der Waals surface area contributed by atoms with Gasteiger partial charge >= 0.3 is 0 Å². The SMILES string of the molecule is CCOc1ccc(CCNC(=O)CCC2Cc3ccccc3NC2=O)cc1OCC. The Bertz CT molecular complexity index is 881. The van der Waals surface area contributed by atoms with Crippen LogP contribution in [0.1, 0.15) is 37.8 Å². The number of nitrogens with one attached hydrogen (secondary N) is 2. The summed E-state index contributed by atoms with van der Waals surface area (Å²) in [5, 5.41) is 5.89. The number of hydrogen-bond acceptors (Lipinski definition) is 4. The average molecular weight is 411 g/mol. The normalized spacial score (nSPS) is 15.1. The van der Waals surface area contributed by atoms with Gasteiger partial charge in [0.2, 0.25) is 11.8 Å². The lowest BCUT2D eigenvalue weighted by Gasteiger charge is -2.24. The van der Waals surface area contributed by atoms with Gasteiger partial charge in [0, 0.05) is 24.6 Å². The third-order valence-electron chi connectivity index (χ3n) is 5.18. The van der Waals surface area contributed by atoms with E-state index in [2.05, 4.69) is 10.6 Å². The molecule has 1 aliphatic rings. The lowest BCUT2D eigenvalue weighted by atomic mass is 9.89. The maximum absolute atomic E-state index is 12.3. The lowest BCUT2D eigenvalue weighted by Crippen LogP contribution is -2.32. The second-order valence-electron chi connectivity index (χ2n) is 7.33. The van der Waals surface area contributed by atoms with E-state index in [1.165, 1.54) is 0 Å². The van der Waals surface area contributed by atoms with Gasteiger partial charge < -0.3 is 20.1 Å². The standard InChI is InChI=1S/C24H30N2O4/c1-3-29-21-11-9-17(15-22(21)30-4-2)13-14-25-23(27)12-10-19-16-18-7-5-6-8-20(18)26-24(19)28/h5-9,11,15,19H,3-4,10,12-14,16H2,1-2H3,(H,25,27)(H,26,28). The monoisotopic (exact) mass is 410 g/mol. The van der Waals surface area contributed by atoms with Gasteiger partial charge in [-0.3, -0.25) is 9.59 Å². The Morgan fingerprint density at radius 1 is 1.10 bits per heavy atom. The molecule has 1 heterocycles. The Labute approximate surface area is 178 Å². The molecule has 1 atom stereocenters. The molecule has 3 rings (SSSR count). The van der Waals surface area contributed by atoms with Crippen molar-refractivity contribution in [3.05, 3.63) is 53.6 Å². The van der Waals surface area contributed by atoms with Crippen LogP contribution in [0.15, 0.2) is 42.5 Å². The Morgan fingerprint density at radius 3 is 2.67 bits per heavy atom. The second-order valence-corrected chi connectivity index (χ2v) is 7.33. The highest BCUT2D eigenvalue weighted by atomic mass is 16.5. The first kappa shape index (κ1) is 21.7. The van der Waals surface area contributed by atoms with Crippen LogP contribution in [0.25, 0.3) is 0 Å². The smallest absolute Gasteiger partial charge is 0.227 e. The van der Waals surface area contributed by atoms with Gasteiger partial charge in [0.1, 0.15) is 0 Å². The quantitative estimate of drug-likeness (QED) is 0.626. The van der Waals surface area contributed by atoms with Crippen molar-refractivity contribution < 1.29 is 19.1 Å². The van der Waals surface area contributed by atoms with Crippen molar-refractivity contribution in [2.45, 2.75) is 39.5 Å². The number of amides is 2. The van der Waals surface area contributed by atoms with Gasteiger partial charge in [-0.2, -0.15) is 0 Å². The molecule has 0 radical (unpaired) electrons. The third-order valence-corrected chi connectivity index (χ3v) is 5.18. The maximum Gasteiger partial charge on any atom is 0.227 e. The van der Waals surface area contributed by atoms with Crippen molar-refractivity contribution in [1.82, 2.24) is 5.32 Å². The summed E-state index contributed by atoms with van der Waals surface area (Å²) in [5.41, 5.74) is 3.08. The Balaban J connectivity index is 1.44. The summed E-state index contributed by atoms with van der Waals surface area (Å²) >= 11 is 0. The predicted molar refractivity (Wildman–Crippen MR) is 117 cm³/mol. The van der Waals surface area contributed by atoms with E-state index in [-0.39, 0.29) is 17.7 Å². The van der Waals surface area contributed by atoms with Crippen LogP contribution in [0.3, 0.4) is 0 Å². The van der Waals surface area contributed by atoms with Crippen LogP contribution in [0.4, 0.5) is 5.69 Å². The van der Waals surface area contributed by atoms with Crippen molar-refractivity contribution in [2.24, 2.45) is 5.92 Å². The number of ether oxygens (including phenoxy) is 2. The number of benzene rings is 2. The maximum atomic E-state index is 12.3. The number of fused-ring (bicyclic) bond motifs is 1. The van der Waals surface area contributed by atoms with Crippen LogP contribution < -0.4 is 20.1 Å². The van der Waals surface area contributed by atoms with Crippen LogP contribution in [-0.2, 0) is 22.4 Å². The molecule has 160 valence electrons. The van der Waals surface area contributed by atoms with E-state index in [4.69, 9.17) is 9.47 Å². The summed E-state index contributed by atoms with van der Waals surface area (Å²) in [6.07, 6.45) is 2.27. The fourth-order valence-electron chi connectivity index (χ4n) is 3.64. The molecule has 2 amide bonds. The summed E-state index contributed by atoms with van der Waals surface area (Å²) in [4.78, 5) is 24.5. The molecule has 2 aromatic carbocycles. The van der Waals surface area contributed by atoms with E-state index in [1.54, 1.807) is 0 Å². The summed E-state index contributed by atoms with van der Waals surface area (Å²) in [7, 11) is 0. The van der Waals surface area contributed by atoms with Crippen LogP contribution in [-0.4, -0.2) is 31.6 Å². The van der Waals surface area contributed by atoms with E-state index in [0.717, 1.165) is 28.3 Å². The molecule has 0 saturated heterocycles. The minimum absolute atomic E-state index is 0.000610. The van der Waals surface area contributed by atoms with Crippen LogP contribution in [0.5, 0.6) is 11.5 Å². The van der Waals surface area contributed by atoms with Crippen molar-refractivity contribution >= 4 is 17.5 Å². The number of rotatable bonds is 10. The molecule has 30 heavy (non-hydrogen) atoms. The van der Waals surface area contributed by atoms with Crippen molar-refractivity contribution in [3.8, 4) is 11.5 Å². The van der Waals surface area contributed by atoms with E-state index in [1.807, 2.05) is 56.3 Å². The molecule has 1 unspecified atom stereocenters. The molecule has 2 aromatic rings. The van der Waals surface area contributed by atoms with Gasteiger partial charge in [-0.15, -0.1) is 0 Å². The van der Waals surface area contributed by atoms with Gasteiger partial charge in [-0.25, -0.2) is 0 Å². The van der Waals surface area contributed by atoms with E-state index in [9.17, 15) is 9.59 Å². The van der Waals surface area contributed by atoms with Crippen molar-refractivity contribution in [2.75, 3.05) is 25.1 Å². The molecule has 0 aromatic heterocycles. The molecule has 0 fully saturated rings. The molecule has 6 nitrogen and oxygen atoms in total. The molecular formula is C24H30N2O4. The molecule has 0 saturated carbocycles. The van der Waals surface area contributed by atoms with Crippen molar-refractivity contribution in [3.63, 3.8) is 0 Å². The second kappa shape index (κ2) is 10.7. The molecule has 1 aliphatic heterocycles. The van der Waals surface area contributed by atoms with Crippen molar-refractivity contribution in [1.29, 1.82) is 0 Å². The highest BCUT2D eigenvalue weighted by molar-refractivity contribution is 5.96. The van der Waals surface area contributed by atoms with E-state index < -0.39 is 0 Å². The molecule has 0 bridgehead atoms. The number of carbonyl (C=O) groups excluding carboxylic acids is 2. The fourth-order valence-corrected chi connectivity index (χ4v) is 3.64. The summed E-state index contributed by atoms with van der Waals surface area (Å²) in [5.74, 6) is 1.27. The Morgan fingerprint density at radius 2 is 1.87 bits per heavy atom. The van der Waals surface area contributed by atoms with E-state index >= 15 is 0 Å².